The summed E-state index contributed by atoms with van der Waals surface area (Å²) in [7, 11) is 1.89. The second-order valence-corrected chi connectivity index (χ2v) is 4.66. The van der Waals surface area contributed by atoms with Crippen LogP contribution in [0.2, 0.25) is 5.28 Å². The molecule has 7 heteroatoms. The molecule has 6 nitrogen and oxygen atoms in total. The lowest BCUT2D eigenvalue weighted by atomic mass is 10.4. The van der Waals surface area contributed by atoms with Crippen LogP contribution in [0.25, 0.3) is 17.2 Å². The minimum atomic E-state index is 0.229. The molecule has 0 N–H and O–H groups in total. The molecule has 1 saturated heterocycles. The molecule has 0 amide bonds. The van der Waals surface area contributed by atoms with E-state index < -0.39 is 0 Å². The quantitative estimate of drug-likeness (QED) is 0.780. The van der Waals surface area contributed by atoms with Gasteiger partial charge in [-0.05, 0) is 17.7 Å². The number of aromatic nitrogens is 4. The van der Waals surface area contributed by atoms with Crippen LogP contribution >= 0.6 is 11.6 Å². The first kappa shape index (κ1) is 12.4. The summed E-state index contributed by atoms with van der Waals surface area (Å²) in [6.45, 7) is 6.68. The van der Waals surface area contributed by atoms with Crippen molar-refractivity contribution in [2.75, 3.05) is 31.2 Å². The topological polar surface area (TPSA) is 56.1 Å². The largest absolute Gasteiger partial charge is 0.378 e. The Morgan fingerprint density at radius 2 is 2.00 bits per heavy atom. The highest BCUT2D eigenvalue weighted by atomic mass is 35.5. The third kappa shape index (κ3) is 2.06. The third-order valence-corrected chi connectivity index (χ3v) is 3.37. The van der Waals surface area contributed by atoms with E-state index in [0.717, 1.165) is 35.9 Å². The summed E-state index contributed by atoms with van der Waals surface area (Å²) in [5.74, 6) is 1.52. The van der Waals surface area contributed by atoms with E-state index in [4.69, 9.17) is 16.3 Å². The van der Waals surface area contributed by atoms with Gasteiger partial charge in [-0.25, -0.2) is 4.98 Å². The first-order chi connectivity index (χ1) is 9.20. The number of imidazole rings is 1. The van der Waals surface area contributed by atoms with Gasteiger partial charge in [-0.3, -0.25) is 0 Å². The van der Waals surface area contributed by atoms with Crippen LogP contribution in [0, 0.1) is 0 Å². The van der Waals surface area contributed by atoms with E-state index in [-0.39, 0.29) is 5.28 Å². The minimum absolute atomic E-state index is 0.229. The number of fused-ring (bicyclic) bond motifs is 1. The second-order valence-electron chi connectivity index (χ2n) is 4.32. The van der Waals surface area contributed by atoms with Gasteiger partial charge >= 0.3 is 0 Å². The normalized spacial score (nSPS) is 16.0. The monoisotopic (exact) mass is 279 g/mol. The molecule has 2 aromatic heterocycles. The Hall–Kier alpha value is -1.66. The molecular weight excluding hydrogens is 266 g/mol. The number of morpholine rings is 1. The molecule has 0 aromatic carbocycles. The Bertz CT molecular complexity index is 633. The van der Waals surface area contributed by atoms with E-state index in [1.54, 1.807) is 6.08 Å². The molecule has 1 aliphatic heterocycles. The van der Waals surface area contributed by atoms with Crippen molar-refractivity contribution in [3.63, 3.8) is 0 Å². The highest BCUT2D eigenvalue weighted by molar-refractivity contribution is 6.28. The predicted molar refractivity (Wildman–Crippen MR) is 74.4 cm³/mol. The molecule has 0 saturated carbocycles. The summed E-state index contributed by atoms with van der Waals surface area (Å²) in [5.41, 5.74) is 1.47. The van der Waals surface area contributed by atoms with Gasteiger partial charge in [-0.2, -0.15) is 9.97 Å². The highest BCUT2D eigenvalue weighted by Gasteiger charge is 2.20. The SMILES string of the molecule is C=Cc1nc2c(N3CCOCC3)nc(Cl)nc2n1C. The van der Waals surface area contributed by atoms with Gasteiger partial charge in [0.1, 0.15) is 5.82 Å². The summed E-state index contributed by atoms with van der Waals surface area (Å²) < 4.78 is 7.21. The van der Waals surface area contributed by atoms with Crippen LogP contribution in [-0.2, 0) is 11.8 Å². The van der Waals surface area contributed by atoms with Crippen LogP contribution < -0.4 is 4.90 Å². The Morgan fingerprint density at radius 1 is 1.26 bits per heavy atom. The predicted octanol–water partition coefficient (Wildman–Crippen LogP) is 1.50. The highest BCUT2D eigenvalue weighted by Crippen LogP contribution is 2.26. The summed E-state index contributed by atoms with van der Waals surface area (Å²) in [5, 5.41) is 0.229. The first-order valence-electron chi connectivity index (χ1n) is 6.06. The van der Waals surface area contributed by atoms with Crippen LogP contribution in [0.15, 0.2) is 6.58 Å². The maximum absolute atomic E-state index is 6.02. The molecule has 0 bridgehead atoms. The van der Waals surface area contributed by atoms with Gasteiger partial charge in [0.15, 0.2) is 17.0 Å². The number of ether oxygens (including phenoxy) is 1. The van der Waals surface area contributed by atoms with Gasteiger partial charge in [0.25, 0.3) is 0 Å². The Kier molecular flexibility index (Phi) is 3.12. The maximum atomic E-state index is 6.02. The molecule has 100 valence electrons. The molecule has 0 unspecified atom stereocenters. The van der Waals surface area contributed by atoms with E-state index in [1.807, 2.05) is 11.6 Å². The van der Waals surface area contributed by atoms with Crippen LogP contribution in [0.4, 0.5) is 5.82 Å². The summed E-state index contributed by atoms with van der Waals surface area (Å²) in [6, 6.07) is 0. The molecule has 0 radical (unpaired) electrons. The third-order valence-electron chi connectivity index (χ3n) is 3.20. The van der Waals surface area contributed by atoms with E-state index in [9.17, 15) is 0 Å². The van der Waals surface area contributed by atoms with Crippen LogP contribution in [0.3, 0.4) is 0 Å². The molecule has 1 aliphatic rings. The Labute approximate surface area is 115 Å². The fourth-order valence-corrected chi connectivity index (χ4v) is 2.38. The summed E-state index contributed by atoms with van der Waals surface area (Å²) in [4.78, 5) is 15.2. The van der Waals surface area contributed by atoms with Crippen LogP contribution in [-0.4, -0.2) is 45.8 Å². The average molecular weight is 280 g/mol. The average Bonchev–Trinajstić information content (AvgIpc) is 2.76. The van der Waals surface area contributed by atoms with E-state index in [1.165, 1.54) is 0 Å². The van der Waals surface area contributed by atoms with Crippen molar-refractivity contribution >= 4 is 34.7 Å². The molecular formula is C12H14ClN5O. The van der Waals surface area contributed by atoms with Gasteiger partial charge in [0, 0.05) is 20.1 Å². The zero-order valence-electron chi connectivity index (χ0n) is 10.6. The van der Waals surface area contributed by atoms with Crippen molar-refractivity contribution in [1.82, 2.24) is 19.5 Å². The lowest BCUT2D eigenvalue weighted by Gasteiger charge is -2.27. The van der Waals surface area contributed by atoms with Crippen molar-refractivity contribution in [2.24, 2.45) is 7.05 Å². The van der Waals surface area contributed by atoms with Gasteiger partial charge in [0.2, 0.25) is 5.28 Å². The van der Waals surface area contributed by atoms with Crippen molar-refractivity contribution in [3.8, 4) is 0 Å². The smallest absolute Gasteiger partial charge is 0.226 e. The molecule has 0 aliphatic carbocycles. The fraction of sp³-hybridized carbons (Fsp3) is 0.417. The van der Waals surface area contributed by atoms with E-state index in [2.05, 4.69) is 26.4 Å². The zero-order valence-corrected chi connectivity index (χ0v) is 11.4. The number of rotatable bonds is 2. The fourth-order valence-electron chi connectivity index (χ4n) is 2.22. The number of hydrogen-bond donors (Lipinski definition) is 0. The summed E-state index contributed by atoms with van der Waals surface area (Å²) >= 11 is 6.02. The van der Waals surface area contributed by atoms with Gasteiger partial charge in [-0.1, -0.05) is 6.58 Å². The van der Waals surface area contributed by atoms with Crippen LogP contribution in [0.1, 0.15) is 5.82 Å². The lowest BCUT2D eigenvalue weighted by molar-refractivity contribution is 0.122. The molecule has 1 fully saturated rings. The maximum Gasteiger partial charge on any atom is 0.226 e. The van der Waals surface area contributed by atoms with Crippen molar-refractivity contribution < 1.29 is 4.74 Å². The Morgan fingerprint density at radius 3 is 2.68 bits per heavy atom. The molecule has 0 spiro atoms. The standard InChI is InChI=1S/C12H14ClN5O/c1-3-8-14-9-10(17(8)2)15-12(13)16-11(9)18-4-6-19-7-5-18/h3H,1,4-7H2,2H3. The number of anilines is 1. The van der Waals surface area contributed by atoms with Crippen LogP contribution in [0.5, 0.6) is 0 Å². The molecule has 3 rings (SSSR count). The van der Waals surface area contributed by atoms with Gasteiger partial charge in [-0.15, -0.1) is 0 Å². The molecule has 2 aromatic rings. The molecule has 19 heavy (non-hydrogen) atoms. The zero-order chi connectivity index (χ0) is 13.4. The van der Waals surface area contributed by atoms with Gasteiger partial charge in [0.05, 0.1) is 13.2 Å². The number of nitrogens with zero attached hydrogens (tertiary/aromatic N) is 5. The molecule has 0 atom stereocenters. The van der Waals surface area contributed by atoms with E-state index >= 15 is 0 Å². The first-order valence-corrected chi connectivity index (χ1v) is 6.43. The second kappa shape index (κ2) is 4.79. The Balaban J connectivity index is 2.19. The lowest BCUT2D eigenvalue weighted by Crippen LogP contribution is -2.37. The number of hydrogen-bond acceptors (Lipinski definition) is 5. The number of aryl methyl sites for hydroxylation is 1. The van der Waals surface area contributed by atoms with Gasteiger partial charge < -0.3 is 14.2 Å². The van der Waals surface area contributed by atoms with Crippen molar-refractivity contribution in [3.05, 3.63) is 17.7 Å². The van der Waals surface area contributed by atoms with Crippen molar-refractivity contribution in [1.29, 1.82) is 0 Å². The molecule has 3 heterocycles. The van der Waals surface area contributed by atoms with Crippen molar-refractivity contribution in [2.45, 2.75) is 0 Å². The van der Waals surface area contributed by atoms with E-state index in [0.29, 0.717) is 13.2 Å². The summed E-state index contributed by atoms with van der Waals surface area (Å²) in [6.07, 6.45) is 1.69. The minimum Gasteiger partial charge on any atom is -0.378 e. The number of halogens is 1.